The molecule has 1 aromatic carbocycles. The molecule has 0 atom stereocenters. The van der Waals surface area contributed by atoms with Crippen molar-refractivity contribution in [2.75, 3.05) is 42.8 Å². The number of nitrogen functional groups attached to an aromatic ring is 1. The molecule has 104 valence electrons. The number of benzene rings is 1. The van der Waals surface area contributed by atoms with Crippen molar-refractivity contribution in [1.29, 1.82) is 0 Å². The lowest BCUT2D eigenvalue weighted by Gasteiger charge is -2.36. The Morgan fingerprint density at radius 1 is 1.10 bits per heavy atom. The SMILES string of the molecule is COc1nc(N2CCN(C)c3ccccc32)ccc1N. The van der Waals surface area contributed by atoms with Crippen molar-refractivity contribution in [2.45, 2.75) is 0 Å². The molecule has 0 aliphatic carbocycles. The monoisotopic (exact) mass is 270 g/mol. The summed E-state index contributed by atoms with van der Waals surface area (Å²) in [5.74, 6) is 1.33. The van der Waals surface area contributed by atoms with E-state index in [0.29, 0.717) is 11.6 Å². The summed E-state index contributed by atoms with van der Waals surface area (Å²) in [6.45, 7) is 1.83. The molecular formula is C15H18N4O. The number of aromatic nitrogens is 1. The molecule has 5 nitrogen and oxygen atoms in total. The molecular weight excluding hydrogens is 252 g/mol. The van der Waals surface area contributed by atoms with Crippen LogP contribution < -0.4 is 20.3 Å². The zero-order valence-corrected chi connectivity index (χ0v) is 11.7. The van der Waals surface area contributed by atoms with E-state index in [-0.39, 0.29) is 0 Å². The van der Waals surface area contributed by atoms with Crippen molar-refractivity contribution in [2.24, 2.45) is 0 Å². The van der Waals surface area contributed by atoms with Gasteiger partial charge < -0.3 is 20.3 Å². The van der Waals surface area contributed by atoms with Crippen LogP contribution in [0.25, 0.3) is 0 Å². The number of fused-ring (bicyclic) bond motifs is 1. The van der Waals surface area contributed by atoms with E-state index in [9.17, 15) is 0 Å². The smallest absolute Gasteiger partial charge is 0.238 e. The lowest BCUT2D eigenvalue weighted by molar-refractivity contribution is 0.400. The first kappa shape index (κ1) is 12.6. The number of rotatable bonds is 2. The predicted octanol–water partition coefficient (Wildman–Crippen LogP) is 2.26. The summed E-state index contributed by atoms with van der Waals surface area (Å²) in [5.41, 5.74) is 8.74. The van der Waals surface area contributed by atoms with Crippen molar-refractivity contribution in [1.82, 2.24) is 4.98 Å². The Bertz CT molecular complexity index is 629. The quantitative estimate of drug-likeness (QED) is 0.907. The van der Waals surface area contributed by atoms with E-state index in [2.05, 4.69) is 40.0 Å². The molecule has 20 heavy (non-hydrogen) atoms. The van der Waals surface area contributed by atoms with Gasteiger partial charge in [-0.25, -0.2) is 0 Å². The zero-order valence-electron chi connectivity index (χ0n) is 11.7. The lowest BCUT2D eigenvalue weighted by atomic mass is 10.1. The van der Waals surface area contributed by atoms with Crippen molar-refractivity contribution in [3.8, 4) is 5.88 Å². The Balaban J connectivity index is 2.05. The topological polar surface area (TPSA) is 54.6 Å². The predicted molar refractivity (Wildman–Crippen MR) is 81.9 cm³/mol. The van der Waals surface area contributed by atoms with Crippen LogP contribution >= 0.6 is 0 Å². The highest BCUT2D eigenvalue weighted by Gasteiger charge is 2.22. The molecule has 0 amide bonds. The van der Waals surface area contributed by atoms with Crippen LogP contribution in [-0.2, 0) is 0 Å². The van der Waals surface area contributed by atoms with E-state index in [0.717, 1.165) is 24.6 Å². The molecule has 0 saturated heterocycles. The van der Waals surface area contributed by atoms with Gasteiger partial charge in [-0.15, -0.1) is 0 Å². The lowest BCUT2D eigenvalue weighted by Crippen LogP contribution is -2.36. The van der Waals surface area contributed by atoms with E-state index in [1.165, 1.54) is 5.69 Å². The van der Waals surface area contributed by atoms with Gasteiger partial charge in [0.1, 0.15) is 5.82 Å². The summed E-state index contributed by atoms with van der Waals surface area (Å²) in [5, 5.41) is 0. The molecule has 0 fully saturated rings. The number of methoxy groups -OCH3 is 1. The number of nitrogens with two attached hydrogens (primary N) is 1. The second kappa shape index (κ2) is 4.92. The van der Waals surface area contributed by atoms with E-state index >= 15 is 0 Å². The molecule has 3 rings (SSSR count). The van der Waals surface area contributed by atoms with Gasteiger partial charge in [0.25, 0.3) is 0 Å². The van der Waals surface area contributed by atoms with E-state index in [1.807, 2.05) is 18.2 Å². The van der Waals surface area contributed by atoms with Crippen molar-refractivity contribution >= 4 is 22.9 Å². The third kappa shape index (κ3) is 2.01. The molecule has 1 aromatic heterocycles. The normalized spacial score (nSPS) is 14.1. The first-order valence-corrected chi connectivity index (χ1v) is 6.59. The van der Waals surface area contributed by atoms with Gasteiger partial charge in [-0.2, -0.15) is 4.98 Å². The number of hydrogen-bond acceptors (Lipinski definition) is 5. The van der Waals surface area contributed by atoms with Crippen LogP contribution in [0.2, 0.25) is 0 Å². The summed E-state index contributed by atoms with van der Waals surface area (Å²) in [4.78, 5) is 8.94. The standard InChI is InChI=1S/C15H18N4O/c1-18-9-10-19(13-6-4-3-5-12(13)18)14-8-7-11(16)15(17-14)20-2/h3-8H,9-10,16H2,1-2H3. The van der Waals surface area contributed by atoms with Gasteiger partial charge >= 0.3 is 0 Å². The minimum absolute atomic E-state index is 0.471. The minimum Gasteiger partial charge on any atom is -0.479 e. The average molecular weight is 270 g/mol. The number of ether oxygens (including phenoxy) is 1. The highest BCUT2D eigenvalue weighted by atomic mass is 16.5. The molecule has 0 unspecified atom stereocenters. The fourth-order valence-corrected chi connectivity index (χ4v) is 2.50. The molecule has 2 N–H and O–H groups in total. The molecule has 0 bridgehead atoms. The van der Waals surface area contributed by atoms with Gasteiger partial charge in [0.15, 0.2) is 0 Å². The third-order valence-corrected chi connectivity index (χ3v) is 3.59. The molecule has 0 radical (unpaired) electrons. The highest BCUT2D eigenvalue weighted by Crippen LogP contribution is 2.37. The molecule has 0 spiro atoms. The van der Waals surface area contributed by atoms with Crippen molar-refractivity contribution in [3.05, 3.63) is 36.4 Å². The number of nitrogens with zero attached hydrogens (tertiary/aromatic N) is 3. The Labute approximate surface area is 118 Å². The minimum atomic E-state index is 0.471. The fraction of sp³-hybridized carbons (Fsp3) is 0.267. The summed E-state index contributed by atoms with van der Waals surface area (Å²) < 4.78 is 5.21. The fourth-order valence-electron chi connectivity index (χ4n) is 2.50. The van der Waals surface area contributed by atoms with Crippen molar-refractivity contribution in [3.63, 3.8) is 0 Å². The second-order valence-corrected chi connectivity index (χ2v) is 4.83. The molecule has 2 aromatic rings. The summed E-state index contributed by atoms with van der Waals surface area (Å²) >= 11 is 0. The molecule has 5 heteroatoms. The number of anilines is 4. The summed E-state index contributed by atoms with van der Waals surface area (Å²) in [7, 11) is 3.69. The molecule has 1 aliphatic rings. The van der Waals surface area contributed by atoms with Crippen LogP contribution in [0, 0.1) is 0 Å². The van der Waals surface area contributed by atoms with E-state index < -0.39 is 0 Å². The maximum atomic E-state index is 5.83. The maximum absolute atomic E-state index is 5.83. The summed E-state index contributed by atoms with van der Waals surface area (Å²) in [6.07, 6.45) is 0. The molecule has 2 heterocycles. The van der Waals surface area contributed by atoms with Crippen LogP contribution in [0.5, 0.6) is 5.88 Å². The Hall–Kier alpha value is -2.43. The molecule has 1 aliphatic heterocycles. The number of pyridine rings is 1. The van der Waals surface area contributed by atoms with Gasteiger partial charge in [0.05, 0.1) is 24.2 Å². The van der Waals surface area contributed by atoms with Gasteiger partial charge in [0, 0.05) is 20.1 Å². The van der Waals surface area contributed by atoms with Crippen molar-refractivity contribution < 1.29 is 4.74 Å². The first-order valence-electron chi connectivity index (χ1n) is 6.59. The summed E-state index contributed by atoms with van der Waals surface area (Å²) in [6, 6.07) is 12.1. The van der Waals surface area contributed by atoms with Gasteiger partial charge in [-0.1, -0.05) is 12.1 Å². The average Bonchev–Trinajstić information content (AvgIpc) is 2.49. The van der Waals surface area contributed by atoms with Crippen LogP contribution in [0.3, 0.4) is 0 Å². The first-order chi connectivity index (χ1) is 9.70. The largest absolute Gasteiger partial charge is 0.479 e. The van der Waals surface area contributed by atoms with E-state index in [1.54, 1.807) is 7.11 Å². The van der Waals surface area contributed by atoms with Crippen LogP contribution in [-0.4, -0.2) is 32.2 Å². The Kier molecular flexibility index (Phi) is 3.10. The number of para-hydroxylation sites is 2. The molecule has 0 saturated carbocycles. The van der Waals surface area contributed by atoms with Crippen LogP contribution in [0.15, 0.2) is 36.4 Å². The van der Waals surface area contributed by atoms with E-state index in [4.69, 9.17) is 10.5 Å². The Morgan fingerprint density at radius 2 is 1.85 bits per heavy atom. The highest BCUT2D eigenvalue weighted by molar-refractivity contribution is 5.78. The van der Waals surface area contributed by atoms with Gasteiger partial charge in [-0.05, 0) is 24.3 Å². The van der Waals surface area contributed by atoms with Crippen LogP contribution in [0.1, 0.15) is 0 Å². The number of likely N-dealkylation sites (N-methyl/N-ethyl adjacent to an activating group) is 1. The second-order valence-electron chi connectivity index (χ2n) is 4.83. The zero-order chi connectivity index (χ0) is 14.1. The number of hydrogen-bond donors (Lipinski definition) is 1. The third-order valence-electron chi connectivity index (χ3n) is 3.59. The Morgan fingerprint density at radius 3 is 2.60 bits per heavy atom. The maximum Gasteiger partial charge on any atom is 0.238 e. The van der Waals surface area contributed by atoms with Gasteiger partial charge in [0.2, 0.25) is 5.88 Å². The van der Waals surface area contributed by atoms with Crippen LogP contribution in [0.4, 0.5) is 22.9 Å². The van der Waals surface area contributed by atoms with Gasteiger partial charge in [-0.3, -0.25) is 0 Å².